The minimum Gasteiger partial charge on any atom is -0.462 e. The lowest BCUT2D eigenvalue weighted by molar-refractivity contribution is 0.264. The van der Waals surface area contributed by atoms with Gasteiger partial charge in [-0.05, 0) is 46.9 Å². The van der Waals surface area contributed by atoms with Crippen LogP contribution >= 0.6 is 22.6 Å². The maximum Gasteiger partial charge on any atom is 0.283 e. The van der Waals surface area contributed by atoms with E-state index in [1.807, 2.05) is 36.4 Å². The van der Waals surface area contributed by atoms with E-state index in [1.54, 1.807) is 0 Å². The van der Waals surface area contributed by atoms with Gasteiger partial charge < -0.3 is 15.2 Å². The fraction of sp³-hybridized carbons (Fsp3) is 0.133. The summed E-state index contributed by atoms with van der Waals surface area (Å²) in [6, 6.07) is 11.7. The Hall–Kier alpha value is -1.70. The molecule has 2 aromatic rings. The van der Waals surface area contributed by atoms with Crippen molar-refractivity contribution in [3.63, 3.8) is 0 Å². The van der Waals surface area contributed by atoms with Crippen LogP contribution < -0.4 is 15.9 Å². The molecular formula is C15H10BIN2O2. The molecule has 0 unspecified atom stereocenters. The van der Waals surface area contributed by atoms with E-state index in [2.05, 4.69) is 27.6 Å². The third kappa shape index (κ3) is 1.85. The van der Waals surface area contributed by atoms with Gasteiger partial charge in [0.2, 0.25) is 0 Å². The molecule has 2 heterocycles. The zero-order valence-corrected chi connectivity index (χ0v) is 13.1. The van der Waals surface area contributed by atoms with Crippen molar-refractivity contribution in [2.24, 2.45) is 10.7 Å². The monoisotopic (exact) mass is 388 g/mol. The zero-order chi connectivity index (χ0) is 14.6. The van der Waals surface area contributed by atoms with Gasteiger partial charge in [0.05, 0.1) is 0 Å². The second-order valence-electron chi connectivity index (χ2n) is 5.10. The van der Waals surface area contributed by atoms with E-state index in [-0.39, 0.29) is 6.02 Å². The van der Waals surface area contributed by atoms with Gasteiger partial charge in [-0.2, -0.15) is 0 Å². The summed E-state index contributed by atoms with van der Waals surface area (Å²) in [6.45, 7) is 0.353. The molecular weight excluding hydrogens is 378 g/mol. The molecule has 2 aliphatic heterocycles. The molecule has 21 heavy (non-hydrogen) atoms. The summed E-state index contributed by atoms with van der Waals surface area (Å²) in [5.41, 5.74) is 7.60. The Morgan fingerprint density at radius 2 is 1.86 bits per heavy atom. The molecule has 1 spiro atoms. The molecule has 2 aliphatic rings. The third-order valence-electron chi connectivity index (χ3n) is 3.79. The Bertz CT molecular complexity index is 740. The average molecular weight is 388 g/mol. The first-order chi connectivity index (χ1) is 10.1. The van der Waals surface area contributed by atoms with E-state index in [4.69, 9.17) is 23.1 Å². The van der Waals surface area contributed by atoms with Gasteiger partial charge in [0, 0.05) is 14.7 Å². The SMILES string of the molecule is [B]c1ccc2c(c1)[C@]1(COC(N)=N1)c1cc(I)ccc1O2. The quantitative estimate of drug-likeness (QED) is 0.553. The van der Waals surface area contributed by atoms with Crippen molar-refractivity contribution in [3.8, 4) is 11.5 Å². The number of fused-ring (bicyclic) bond motifs is 4. The highest BCUT2D eigenvalue weighted by molar-refractivity contribution is 14.1. The average Bonchev–Trinajstić information content (AvgIpc) is 2.84. The molecule has 2 N–H and O–H groups in total. The predicted molar refractivity (Wildman–Crippen MR) is 89.4 cm³/mol. The van der Waals surface area contributed by atoms with Gasteiger partial charge in [-0.15, -0.1) is 0 Å². The van der Waals surface area contributed by atoms with Crippen molar-refractivity contribution in [3.05, 3.63) is 51.1 Å². The normalized spacial score (nSPS) is 22.0. The van der Waals surface area contributed by atoms with Crippen molar-refractivity contribution >= 4 is 41.9 Å². The molecule has 102 valence electrons. The van der Waals surface area contributed by atoms with Crippen LogP contribution in [0.5, 0.6) is 11.5 Å². The highest BCUT2D eigenvalue weighted by Crippen LogP contribution is 2.50. The smallest absolute Gasteiger partial charge is 0.283 e. The van der Waals surface area contributed by atoms with Crippen LogP contribution in [0.3, 0.4) is 0 Å². The lowest BCUT2D eigenvalue weighted by atomic mass is 9.79. The highest BCUT2D eigenvalue weighted by atomic mass is 127. The molecule has 2 aromatic carbocycles. The number of ether oxygens (including phenoxy) is 2. The maximum absolute atomic E-state index is 5.98. The van der Waals surface area contributed by atoms with Gasteiger partial charge in [0.25, 0.3) is 6.02 Å². The van der Waals surface area contributed by atoms with Crippen LogP contribution in [0, 0.1) is 3.57 Å². The second kappa shape index (κ2) is 4.40. The van der Waals surface area contributed by atoms with Gasteiger partial charge in [0.15, 0.2) is 5.54 Å². The fourth-order valence-electron chi connectivity index (χ4n) is 2.84. The largest absolute Gasteiger partial charge is 0.462 e. The van der Waals surface area contributed by atoms with Gasteiger partial charge in [0.1, 0.15) is 26.0 Å². The number of rotatable bonds is 0. The number of aliphatic imine (C=N–C) groups is 1. The molecule has 0 bridgehead atoms. The Morgan fingerprint density at radius 1 is 1.14 bits per heavy atom. The Kier molecular flexibility index (Phi) is 2.72. The number of nitrogens with two attached hydrogens (primary N) is 1. The number of benzene rings is 2. The molecule has 4 rings (SSSR count). The lowest BCUT2D eigenvalue weighted by Crippen LogP contribution is -2.32. The zero-order valence-electron chi connectivity index (χ0n) is 11.0. The number of nitrogens with zero attached hydrogens (tertiary/aromatic N) is 1. The van der Waals surface area contributed by atoms with Crippen LogP contribution in [0.2, 0.25) is 0 Å². The fourth-order valence-corrected chi connectivity index (χ4v) is 3.34. The Labute approximate surface area is 136 Å². The number of hydrogen-bond acceptors (Lipinski definition) is 4. The molecule has 0 aliphatic carbocycles. The first-order valence-electron chi connectivity index (χ1n) is 6.44. The van der Waals surface area contributed by atoms with E-state index in [1.165, 1.54) is 0 Å². The molecule has 0 amide bonds. The molecule has 2 radical (unpaired) electrons. The first kappa shape index (κ1) is 13.0. The van der Waals surface area contributed by atoms with E-state index < -0.39 is 5.54 Å². The van der Waals surface area contributed by atoms with E-state index >= 15 is 0 Å². The van der Waals surface area contributed by atoms with Crippen LogP contribution in [0.25, 0.3) is 0 Å². The highest BCUT2D eigenvalue weighted by Gasteiger charge is 2.46. The van der Waals surface area contributed by atoms with Crippen LogP contribution in [-0.2, 0) is 10.3 Å². The van der Waals surface area contributed by atoms with E-state index in [9.17, 15) is 0 Å². The number of halogens is 1. The van der Waals surface area contributed by atoms with Gasteiger partial charge in [-0.3, -0.25) is 0 Å². The summed E-state index contributed by atoms with van der Waals surface area (Å²) in [7, 11) is 5.94. The van der Waals surface area contributed by atoms with Gasteiger partial charge in [-0.1, -0.05) is 17.6 Å². The molecule has 0 saturated heterocycles. The van der Waals surface area contributed by atoms with Crippen LogP contribution in [0.4, 0.5) is 0 Å². The van der Waals surface area contributed by atoms with Crippen LogP contribution in [0.15, 0.2) is 41.4 Å². The van der Waals surface area contributed by atoms with Crippen molar-refractivity contribution in [2.75, 3.05) is 6.61 Å². The summed E-state index contributed by atoms with van der Waals surface area (Å²) in [6.07, 6.45) is 0. The van der Waals surface area contributed by atoms with Gasteiger partial charge in [-0.25, -0.2) is 4.99 Å². The minimum atomic E-state index is -0.677. The summed E-state index contributed by atoms with van der Waals surface area (Å²) >= 11 is 2.27. The summed E-state index contributed by atoms with van der Waals surface area (Å²) < 4.78 is 12.6. The molecule has 0 aromatic heterocycles. The lowest BCUT2D eigenvalue weighted by Gasteiger charge is -2.33. The maximum atomic E-state index is 5.98. The molecule has 0 saturated carbocycles. The topological polar surface area (TPSA) is 56.8 Å². The van der Waals surface area contributed by atoms with Gasteiger partial charge >= 0.3 is 0 Å². The molecule has 1 atom stereocenters. The van der Waals surface area contributed by atoms with Crippen LogP contribution in [-0.4, -0.2) is 20.5 Å². The van der Waals surface area contributed by atoms with E-state index in [0.717, 1.165) is 26.2 Å². The minimum absolute atomic E-state index is 0.190. The van der Waals surface area contributed by atoms with Crippen molar-refractivity contribution in [1.82, 2.24) is 0 Å². The van der Waals surface area contributed by atoms with Crippen molar-refractivity contribution in [2.45, 2.75) is 5.54 Å². The van der Waals surface area contributed by atoms with Crippen LogP contribution in [0.1, 0.15) is 11.1 Å². The number of amidine groups is 1. The van der Waals surface area contributed by atoms with Crippen molar-refractivity contribution in [1.29, 1.82) is 0 Å². The Balaban J connectivity index is 2.05. The standard InChI is InChI=1S/C15H10BIN2O2/c16-8-1-3-12-10(5-8)15(7-20-14(18)19-15)11-6-9(17)2-4-13(11)21-12/h1-6H,7H2,(H2,18,19)/t15-/m1/s1. The summed E-state index contributed by atoms with van der Waals surface area (Å²) in [4.78, 5) is 4.58. The van der Waals surface area contributed by atoms with E-state index in [0.29, 0.717) is 12.1 Å². The van der Waals surface area contributed by atoms with Crippen molar-refractivity contribution < 1.29 is 9.47 Å². The summed E-state index contributed by atoms with van der Waals surface area (Å²) in [5.74, 6) is 1.51. The summed E-state index contributed by atoms with van der Waals surface area (Å²) in [5, 5.41) is 0. The third-order valence-corrected chi connectivity index (χ3v) is 4.46. The number of hydrogen-bond donors (Lipinski definition) is 1. The first-order valence-corrected chi connectivity index (χ1v) is 7.52. The molecule has 0 fully saturated rings. The Morgan fingerprint density at radius 3 is 2.57 bits per heavy atom. The predicted octanol–water partition coefficient (Wildman–Crippen LogP) is 1.78. The molecule has 6 heteroatoms. The molecule has 4 nitrogen and oxygen atoms in total. The second-order valence-corrected chi connectivity index (χ2v) is 6.34.